The van der Waals surface area contributed by atoms with Gasteiger partial charge in [0.2, 0.25) is 17.8 Å². The Morgan fingerprint density at radius 3 is 2.51 bits per heavy atom. The van der Waals surface area contributed by atoms with Crippen LogP contribution in [-0.4, -0.2) is 33.0 Å². The number of rotatable bonds is 7. The standard InChI is InChI=1S/C24H20N8O2S/c1-15(33)32(19-8-10-20(34-2)11-9-19)24-28-18(14-35-24)12-16(13-25)21-29-22(26)31-23(30-21)27-17-6-4-3-5-7-17/h3-12,14H,1-2H3,(H3,26,27,29,30,31)/b16-12+. The number of amides is 1. The van der Waals surface area contributed by atoms with Crippen LogP contribution in [0.25, 0.3) is 11.6 Å². The number of hydrogen-bond acceptors (Lipinski definition) is 10. The first-order chi connectivity index (χ1) is 17.0. The molecule has 11 heteroatoms. The Labute approximate surface area is 205 Å². The van der Waals surface area contributed by atoms with Gasteiger partial charge in [-0.25, -0.2) is 4.98 Å². The van der Waals surface area contributed by atoms with Gasteiger partial charge in [-0.15, -0.1) is 11.3 Å². The van der Waals surface area contributed by atoms with E-state index < -0.39 is 0 Å². The molecule has 35 heavy (non-hydrogen) atoms. The molecule has 0 spiro atoms. The van der Waals surface area contributed by atoms with Crippen molar-refractivity contribution >= 4 is 57.3 Å². The van der Waals surface area contributed by atoms with Gasteiger partial charge in [0, 0.05) is 18.0 Å². The summed E-state index contributed by atoms with van der Waals surface area (Å²) in [4.78, 5) is 30.9. The first-order valence-electron chi connectivity index (χ1n) is 10.3. The van der Waals surface area contributed by atoms with Crippen LogP contribution >= 0.6 is 11.3 Å². The highest BCUT2D eigenvalue weighted by atomic mass is 32.1. The molecular weight excluding hydrogens is 464 g/mol. The average molecular weight is 485 g/mol. The monoisotopic (exact) mass is 484 g/mol. The number of nitrogen functional groups attached to an aromatic ring is 1. The number of carbonyl (C=O) groups excluding carboxylic acids is 1. The number of allylic oxidation sites excluding steroid dienone is 1. The summed E-state index contributed by atoms with van der Waals surface area (Å²) in [7, 11) is 1.57. The molecule has 0 radical (unpaired) electrons. The zero-order valence-electron chi connectivity index (χ0n) is 18.8. The molecular formula is C24H20N8O2S. The Morgan fingerprint density at radius 1 is 1.11 bits per heavy atom. The van der Waals surface area contributed by atoms with Crippen molar-refractivity contribution in [3.8, 4) is 11.8 Å². The molecule has 1 amide bonds. The zero-order chi connectivity index (χ0) is 24.8. The SMILES string of the molecule is COc1ccc(N(C(C)=O)c2nc(/C=C(\C#N)c3nc(N)nc(Nc4ccccc4)n3)cs2)cc1. The highest BCUT2D eigenvalue weighted by Crippen LogP contribution is 2.31. The normalized spacial score (nSPS) is 10.9. The third kappa shape index (κ3) is 5.58. The summed E-state index contributed by atoms with van der Waals surface area (Å²) in [5, 5.41) is 15.0. The largest absolute Gasteiger partial charge is 0.497 e. The second kappa shape index (κ2) is 10.4. The van der Waals surface area contributed by atoms with E-state index in [2.05, 4.69) is 31.3 Å². The van der Waals surface area contributed by atoms with Gasteiger partial charge >= 0.3 is 0 Å². The van der Waals surface area contributed by atoms with Crippen LogP contribution in [0.3, 0.4) is 0 Å². The van der Waals surface area contributed by atoms with E-state index in [1.807, 2.05) is 30.3 Å². The zero-order valence-corrected chi connectivity index (χ0v) is 19.7. The van der Waals surface area contributed by atoms with Crippen LogP contribution in [0.1, 0.15) is 18.4 Å². The first kappa shape index (κ1) is 23.3. The van der Waals surface area contributed by atoms with E-state index >= 15 is 0 Å². The Morgan fingerprint density at radius 2 is 1.86 bits per heavy atom. The van der Waals surface area contributed by atoms with Crippen LogP contribution < -0.4 is 20.7 Å². The fraction of sp³-hybridized carbons (Fsp3) is 0.0833. The van der Waals surface area contributed by atoms with Gasteiger partial charge in [-0.3, -0.25) is 9.69 Å². The number of anilines is 5. The smallest absolute Gasteiger partial charge is 0.232 e. The van der Waals surface area contributed by atoms with Gasteiger partial charge < -0.3 is 15.8 Å². The molecule has 2 aromatic carbocycles. The molecule has 2 heterocycles. The molecule has 174 valence electrons. The van der Waals surface area contributed by atoms with Crippen molar-refractivity contribution in [1.29, 1.82) is 5.26 Å². The van der Waals surface area contributed by atoms with E-state index in [1.54, 1.807) is 36.8 Å². The average Bonchev–Trinajstić information content (AvgIpc) is 3.31. The van der Waals surface area contributed by atoms with Crippen LogP contribution in [0.4, 0.5) is 28.4 Å². The van der Waals surface area contributed by atoms with E-state index in [4.69, 9.17) is 10.5 Å². The molecule has 0 atom stereocenters. The van der Waals surface area contributed by atoms with Gasteiger partial charge in [0.25, 0.3) is 0 Å². The van der Waals surface area contributed by atoms with Crippen molar-refractivity contribution in [2.24, 2.45) is 0 Å². The van der Waals surface area contributed by atoms with E-state index in [-0.39, 0.29) is 29.2 Å². The number of nitrogens with zero attached hydrogens (tertiary/aromatic N) is 6. The third-order valence-corrected chi connectivity index (χ3v) is 5.53. The molecule has 0 bridgehead atoms. The van der Waals surface area contributed by atoms with Gasteiger partial charge in [0.15, 0.2) is 11.0 Å². The summed E-state index contributed by atoms with van der Waals surface area (Å²) >= 11 is 1.27. The Balaban J connectivity index is 1.63. The predicted octanol–water partition coefficient (Wildman–Crippen LogP) is 4.41. The first-order valence-corrected chi connectivity index (χ1v) is 11.2. The van der Waals surface area contributed by atoms with Crippen LogP contribution in [-0.2, 0) is 4.79 Å². The number of ether oxygens (including phenoxy) is 1. The molecule has 0 saturated carbocycles. The van der Waals surface area contributed by atoms with Gasteiger partial charge in [-0.2, -0.15) is 20.2 Å². The Hall–Kier alpha value is -4.82. The van der Waals surface area contributed by atoms with Crippen LogP contribution in [0, 0.1) is 11.3 Å². The maximum atomic E-state index is 12.4. The maximum absolute atomic E-state index is 12.4. The molecule has 0 saturated heterocycles. The van der Waals surface area contributed by atoms with Crippen molar-refractivity contribution in [2.75, 3.05) is 23.1 Å². The Bertz CT molecular complexity index is 1410. The van der Waals surface area contributed by atoms with Gasteiger partial charge in [-0.1, -0.05) is 18.2 Å². The number of para-hydroxylation sites is 1. The second-order valence-corrected chi connectivity index (χ2v) is 7.95. The molecule has 0 aliphatic heterocycles. The lowest BCUT2D eigenvalue weighted by Crippen LogP contribution is -2.22. The fourth-order valence-corrected chi connectivity index (χ4v) is 3.96. The summed E-state index contributed by atoms with van der Waals surface area (Å²) in [6.07, 6.45) is 1.54. The van der Waals surface area contributed by atoms with Crippen LogP contribution in [0.2, 0.25) is 0 Å². The van der Waals surface area contributed by atoms with Crippen LogP contribution in [0.5, 0.6) is 5.75 Å². The lowest BCUT2D eigenvalue weighted by Gasteiger charge is -2.18. The summed E-state index contributed by atoms with van der Waals surface area (Å²) in [6, 6.07) is 18.5. The number of aromatic nitrogens is 4. The number of thiazole rings is 1. The van der Waals surface area contributed by atoms with E-state index in [1.165, 1.54) is 29.2 Å². The minimum atomic E-state index is -0.206. The summed E-state index contributed by atoms with van der Waals surface area (Å²) < 4.78 is 5.18. The number of hydrogen-bond donors (Lipinski definition) is 2. The summed E-state index contributed by atoms with van der Waals surface area (Å²) in [5.74, 6) is 0.752. The van der Waals surface area contributed by atoms with Crippen LogP contribution in [0.15, 0.2) is 60.0 Å². The van der Waals surface area contributed by atoms with E-state index in [0.717, 1.165) is 5.69 Å². The minimum absolute atomic E-state index is 0.0317. The molecule has 0 aliphatic carbocycles. The van der Waals surface area contributed by atoms with E-state index in [0.29, 0.717) is 22.3 Å². The highest BCUT2D eigenvalue weighted by Gasteiger charge is 2.18. The Kier molecular flexibility index (Phi) is 6.94. The molecule has 0 aliphatic rings. The minimum Gasteiger partial charge on any atom is -0.497 e. The van der Waals surface area contributed by atoms with Gasteiger partial charge in [0.05, 0.1) is 24.1 Å². The number of nitriles is 1. The molecule has 4 rings (SSSR count). The molecule has 4 aromatic rings. The summed E-state index contributed by atoms with van der Waals surface area (Å²) in [5.41, 5.74) is 7.88. The molecule has 0 unspecified atom stereocenters. The molecule has 10 nitrogen and oxygen atoms in total. The number of nitrogens with one attached hydrogen (secondary N) is 1. The number of nitrogens with two attached hydrogens (primary N) is 1. The van der Waals surface area contributed by atoms with Crippen molar-refractivity contribution in [1.82, 2.24) is 19.9 Å². The maximum Gasteiger partial charge on any atom is 0.232 e. The highest BCUT2D eigenvalue weighted by molar-refractivity contribution is 7.14. The summed E-state index contributed by atoms with van der Waals surface area (Å²) in [6.45, 7) is 1.46. The van der Waals surface area contributed by atoms with Crippen molar-refractivity contribution < 1.29 is 9.53 Å². The number of benzene rings is 2. The lowest BCUT2D eigenvalue weighted by molar-refractivity contribution is -0.115. The second-order valence-electron chi connectivity index (χ2n) is 7.11. The quantitative estimate of drug-likeness (QED) is 0.364. The lowest BCUT2D eigenvalue weighted by atomic mass is 10.2. The van der Waals surface area contributed by atoms with E-state index in [9.17, 15) is 10.1 Å². The van der Waals surface area contributed by atoms with Crippen molar-refractivity contribution in [3.05, 3.63) is 71.5 Å². The predicted molar refractivity (Wildman–Crippen MR) is 135 cm³/mol. The number of carbonyl (C=O) groups is 1. The fourth-order valence-electron chi connectivity index (χ4n) is 3.12. The molecule has 0 fully saturated rings. The van der Waals surface area contributed by atoms with Gasteiger partial charge in [0.1, 0.15) is 11.8 Å². The topological polar surface area (TPSA) is 143 Å². The third-order valence-electron chi connectivity index (χ3n) is 4.68. The van der Waals surface area contributed by atoms with Gasteiger partial charge in [-0.05, 0) is 42.5 Å². The van der Waals surface area contributed by atoms with Crippen molar-refractivity contribution in [2.45, 2.75) is 6.92 Å². The molecule has 2 aromatic heterocycles. The van der Waals surface area contributed by atoms with Crippen molar-refractivity contribution in [3.63, 3.8) is 0 Å². The number of methoxy groups -OCH3 is 1. The molecule has 3 N–H and O–H groups in total.